The van der Waals surface area contributed by atoms with Gasteiger partial charge in [0.15, 0.2) is 6.04 Å². The van der Waals surface area contributed by atoms with Gasteiger partial charge in [-0.2, -0.15) is 4.31 Å². The maximum Gasteiger partial charge on any atom is 0.282 e. The molecule has 3 rings (SSSR count). The molecule has 0 spiro atoms. The molecule has 0 radical (unpaired) electrons. The van der Waals surface area contributed by atoms with Gasteiger partial charge in [0.2, 0.25) is 10.0 Å². The molecule has 1 amide bonds. The normalized spacial score (nSPS) is 17.4. The van der Waals surface area contributed by atoms with Crippen LogP contribution in [0, 0.1) is 5.82 Å². The molecule has 27 heavy (non-hydrogen) atoms. The number of sulfonamides is 1. The van der Waals surface area contributed by atoms with E-state index >= 15 is 0 Å². The molecule has 2 aromatic rings. The van der Waals surface area contributed by atoms with E-state index in [0.717, 1.165) is 16.7 Å². The van der Waals surface area contributed by atoms with Crippen molar-refractivity contribution in [3.8, 4) is 0 Å². The van der Waals surface area contributed by atoms with Gasteiger partial charge in [-0.15, -0.1) is 0 Å². The molecule has 0 aromatic heterocycles. The van der Waals surface area contributed by atoms with Crippen molar-refractivity contribution >= 4 is 21.6 Å². The molecule has 1 atom stereocenters. The van der Waals surface area contributed by atoms with Gasteiger partial charge in [0.05, 0.1) is 31.1 Å². The fraction of sp³-hybridized carbons (Fsp3) is 0.316. The second-order valence-electron chi connectivity index (χ2n) is 6.60. The highest BCUT2D eigenvalue weighted by molar-refractivity contribution is 7.89. The van der Waals surface area contributed by atoms with Gasteiger partial charge in [-0.25, -0.2) is 12.8 Å². The number of para-hydroxylation sites is 1. The first-order chi connectivity index (χ1) is 12.9. The van der Waals surface area contributed by atoms with E-state index in [4.69, 9.17) is 0 Å². The number of anilines is 1. The number of hydrogen-bond acceptors (Lipinski definition) is 3. The van der Waals surface area contributed by atoms with Crippen LogP contribution in [-0.2, 0) is 14.8 Å². The number of quaternary nitrogens is 1. The van der Waals surface area contributed by atoms with Crippen molar-refractivity contribution in [2.75, 3.05) is 31.5 Å². The van der Waals surface area contributed by atoms with Crippen LogP contribution in [0.15, 0.2) is 59.5 Å². The molecule has 1 aliphatic heterocycles. The van der Waals surface area contributed by atoms with Crippen LogP contribution < -0.4 is 10.2 Å². The minimum atomic E-state index is -3.72. The average Bonchev–Trinajstić information content (AvgIpc) is 2.68. The van der Waals surface area contributed by atoms with Gasteiger partial charge in [0, 0.05) is 5.69 Å². The number of hydrogen-bond donors (Lipinski definition) is 2. The van der Waals surface area contributed by atoms with Crippen molar-refractivity contribution < 1.29 is 22.5 Å². The monoisotopic (exact) mass is 392 g/mol. The fourth-order valence-corrected chi connectivity index (χ4v) is 4.65. The maximum atomic E-state index is 13.4. The number of halogens is 1. The molecule has 1 heterocycles. The Kier molecular flexibility index (Phi) is 5.88. The molecule has 0 unspecified atom stereocenters. The van der Waals surface area contributed by atoms with Crippen LogP contribution in [0.5, 0.6) is 0 Å². The Balaban J connectivity index is 1.60. The Labute approximate surface area is 158 Å². The van der Waals surface area contributed by atoms with E-state index in [1.165, 1.54) is 22.5 Å². The third kappa shape index (κ3) is 4.52. The Morgan fingerprint density at radius 2 is 1.78 bits per heavy atom. The van der Waals surface area contributed by atoms with E-state index in [1.54, 1.807) is 0 Å². The molecule has 2 N–H and O–H groups in total. The fourth-order valence-electron chi connectivity index (χ4n) is 3.18. The van der Waals surface area contributed by atoms with Gasteiger partial charge < -0.3 is 10.2 Å². The molecule has 1 saturated heterocycles. The molecular weight excluding hydrogens is 369 g/mol. The number of benzene rings is 2. The highest BCUT2D eigenvalue weighted by atomic mass is 32.2. The zero-order chi connectivity index (χ0) is 19.4. The van der Waals surface area contributed by atoms with Crippen molar-refractivity contribution in [1.82, 2.24) is 4.31 Å². The Morgan fingerprint density at radius 1 is 1.11 bits per heavy atom. The highest BCUT2D eigenvalue weighted by Gasteiger charge is 2.34. The molecule has 1 fully saturated rings. The number of carbonyl (C=O) groups is 1. The van der Waals surface area contributed by atoms with Crippen LogP contribution >= 0.6 is 0 Å². The van der Waals surface area contributed by atoms with Gasteiger partial charge in [-0.3, -0.25) is 4.79 Å². The number of piperazine rings is 1. The smallest absolute Gasteiger partial charge is 0.282 e. The summed E-state index contributed by atoms with van der Waals surface area (Å²) in [6, 6.07) is 14.0. The number of nitrogens with zero attached hydrogens (tertiary/aromatic N) is 1. The summed E-state index contributed by atoms with van der Waals surface area (Å²) in [5.41, 5.74) is 0.737. The summed E-state index contributed by atoms with van der Waals surface area (Å²) in [7, 11) is -3.72. The standard InChI is InChI=1S/C19H22FN3O3S/c1-15(19(24)21-17-7-3-2-4-8-17)22-10-12-23(13-11-22)27(25,26)18-9-5-6-16(20)14-18/h2-9,14-15H,10-13H2,1H3,(H,21,24)/p+1/t15-/m0/s1. The maximum absolute atomic E-state index is 13.4. The quantitative estimate of drug-likeness (QED) is 0.789. The predicted octanol–water partition coefficient (Wildman–Crippen LogP) is 0.742. The number of amides is 1. The number of rotatable bonds is 5. The molecule has 2 aromatic carbocycles. The molecule has 0 bridgehead atoms. The van der Waals surface area contributed by atoms with Crippen molar-refractivity contribution in [1.29, 1.82) is 0 Å². The zero-order valence-corrected chi connectivity index (χ0v) is 15.9. The van der Waals surface area contributed by atoms with Crippen LogP contribution in [0.2, 0.25) is 0 Å². The summed E-state index contributed by atoms with van der Waals surface area (Å²) in [4.78, 5) is 13.4. The van der Waals surface area contributed by atoms with Crippen LogP contribution in [0.3, 0.4) is 0 Å². The number of carbonyl (C=O) groups excluding carboxylic acids is 1. The van der Waals surface area contributed by atoms with Gasteiger partial charge >= 0.3 is 0 Å². The minimum Gasteiger partial charge on any atom is -0.323 e. The third-order valence-electron chi connectivity index (χ3n) is 4.85. The minimum absolute atomic E-state index is 0.0409. The molecule has 8 heteroatoms. The highest BCUT2D eigenvalue weighted by Crippen LogP contribution is 2.16. The second kappa shape index (κ2) is 8.16. The number of nitrogens with one attached hydrogen (secondary N) is 2. The second-order valence-corrected chi connectivity index (χ2v) is 8.53. The summed E-state index contributed by atoms with van der Waals surface area (Å²) >= 11 is 0. The van der Waals surface area contributed by atoms with E-state index in [2.05, 4.69) is 5.32 Å². The van der Waals surface area contributed by atoms with Crippen molar-refractivity contribution in [2.45, 2.75) is 17.9 Å². The lowest BCUT2D eigenvalue weighted by Gasteiger charge is -2.34. The van der Waals surface area contributed by atoms with E-state index < -0.39 is 15.8 Å². The molecule has 0 saturated carbocycles. The lowest BCUT2D eigenvalue weighted by Crippen LogP contribution is -3.19. The van der Waals surface area contributed by atoms with Crippen molar-refractivity contribution in [3.05, 3.63) is 60.4 Å². The van der Waals surface area contributed by atoms with Gasteiger partial charge in [-0.05, 0) is 37.3 Å². The molecule has 0 aliphatic carbocycles. The first-order valence-electron chi connectivity index (χ1n) is 8.84. The van der Waals surface area contributed by atoms with Crippen molar-refractivity contribution in [3.63, 3.8) is 0 Å². The van der Waals surface area contributed by atoms with E-state index in [9.17, 15) is 17.6 Å². The Bertz CT molecular complexity index is 897. The van der Waals surface area contributed by atoms with Crippen molar-refractivity contribution in [2.24, 2.45) is 0 Å². The van der Waals surface area contributed by atoms with E-state index in [-0.39, 0.29) is 29.9 Å². The summed E-state index contributed by atoms with van der Waals surface area (Å²) in [5, 5.41) is 2.88. The molecule has 144 valence electrons. The molecule has 1 aliphatic rings. The summed E-state index contributed by atoms with van der Waals surface area (Å²) in [6.07, 6.45) is 0. The lowest BCUT2D eigenvalue weighted by molar-refractivity contribution is -0.917. The summed E-state index contributed by atoms with van der Waals surface area (Å²) in [5.74, 6) is -0.677. The first-order valence-corrected chi connectivity index (χ1v) is 10.3. The summed E-state index contributed by atoms with van der Waals surface area (Å²) in [6.45, 7) is 3.44. The zero-order valence-electron chi connectivity index (χ0n) is 15.1. The van der Waals surface area contributed by atoms with Gasteiger partial charge in [0.1, 0.15) is 5.82 Å². The van der Waals surface area contributed by atoms with Gasteiger partial charge in [-0.1, -0.05) is 24.3 Å². The molecule has 6 nitrogen and oxygen atoms in total. The lowest BCUT2D eigenvalue weighted by atomic mass is 10.2. The van der Waals surface area contributed by atoms with Crippen LogP contribution in [0.1, 0.15) is 6.92 Å². The van der Waals surface area contributed by atoms with Gasteiger partial charge in [0.25, 0.3) is 5.91 Å². The Morgan fingerprint density at radius 3 is 2.41 bits per heavy atom. The average molecular weight is 392 g/mol. The van der Waals surface area contributed by atoms with Crippen LogP contribution in [0.25, 0.3) is 0 Å². The van der Waals surface area contributed by atoms with E-state index in [0.29, 0.717) is 13.1 Å². The topological polar surface area (TPSA) is 70.9 Å². The summed E-state index contributed by atoms with van der Waals surface area (Å²) < 4.78 is 40.0. The van der Waals surface area contributed by atoms with Crippen LogP contribution in [0.4, 0.5) is 10.1 Å². The molecular formula is C19H23FN3O3S+. The largest absolute Gasteiger partial charge is 0.323 e. The SMILES string of the molecule is C[C@@H](C(=O)Nc1ccccc1)[NH+]1CCN(S(=O)(=O)c2cccc(F)c2)CC1. The van der Waals surface area contributed by atoms with Crippen LogP contribution in [-0.4, -0.2) is 50.9 Å². The third-order valence-corrected chi connectivity index (χ3v) is 6.74. The van der Waals surface area contributed by atoms with E-state index in [1.807, 2.05) is 37.3 Å². The first kappa shape index (κ1) is 19.5. The predicted molar refractivity (Wildman–Crippen MR) is 100 cm³/mol. The Hall–Kier alpha value is -2.29.